The van der Waals surface area contributed by atoms with Crippen LogP contribution in [0.4, 0.5) is 0 Å². The van der Waals surface area contributed by atoms with Gasteiger partial charge in [0.2, 0.25) is 0 Å². The molecule has 4 heterocycles. The van der Waals surface area contributed by atoms with Crippen LogP contribution in [0.5, 0.6) is 0 Å². The summed E-state index contributed by atoms with van der Waals surface area (Å²) in [4.78, 5) is 16.4. The number of hydrogen-bond acceptors (Lipinski definition) is 3. The summed E-state index contributed by atoms with van der Waals surface area (Å²) in [6.07, 6.45) is 8.31. The van der Waals surface area contributed by atoms with Crippen molar-refractivity contribution in [2.45, 2.75) is 63.5 Å². The molecule has 2 atom stereocenters. The topological polar surface area (TPSA) is 29.5 Å². The maximum atomic E-state index is 14.0. The molecule has 6 rings (SSSR count). The maximum Gasteiger partial charge on any atom is 0.331 e. The van der Waals surface area contributed by atoms with Crippen molar-refractivity contribution in [3.63, 3.8) is 0 Å². The molecule has 0 N–H and O–H groups in total. The summed E-state index contributed by atoms with van der Waals surface area (Å²) < 4.78 is 7.63. The lowest BCUT2D eigenvalue weighted by molar-refractivity contribution is -0.946. The van der Waals surface area contributed by atoms with Crippen LogP contribution >= 0.6 is 0 Å². The van der Waals surface area contributed by atoms with Crippen LogP contribution in [0.3, 0.4) is 0 Å². The number of hydrogen-bond donors (Lipinski definition) is 0. The average Bonchev–Trinajstić information content (AvgIpc) is 3.19. The first-order valence-corrected chi connectivity index (χ1v) is 13.5. The van der Waals surface area contributed by atoms with E-state index >= 15 is 0 Å². The minimum Gasteiger partial charge on any atom is -0.454 e. The molecule has 4 heteroatoms. The van der Waals surface area contributed by atoms with E-state index in [9.17, 15) is 4.79 Å². The van der Waals surface area contributed by atoms with Crippen molar-refractivity contribution in [2.24, 2.45) is 5.92 Å². The highest BCUT2D eigenvalue weighted by molar-refractivity contribution is 5.82. The average molecular weight is 462 g/mol. The third-order valence-electron chi connectivity index (χ3n) is 8.99. The van der Waals surface area contributed by atoms with Gasteiger partial charge in [0.25, 0.3) is 0 Å². The summed E-state index contributed by atoms with van der Waals surface area (Å²) in [5.41, 5.74) is 1.76. The van der Waals surface area contributed by atoms with Gasteiger partial charge in [0.15, 0.2) is 6.10 Å². The van der Waals surface area contributed by atoms with Gasteiger partial charge in [-0.05, 0) is 44.0 Å². The van der Waals surface area contributed by atoms with E-state index in [0.29, 0.717) is 5.92 Å². The Balaban J connectivity index is 1.33. The normalized spacial score (nSPS) is 29.2. The summed E-state index contributed by atoms with van der Waals surface area (Å²) in [6, 6.07) is 21.2. The number of benzene rings is 2. The number of carbonyl (C=O) groups excluding carboxylic acids is 1. The van der Waals surface area contributed by atoms with E-state index < -0.39 is 5.54 Å². The monoisotopic (exact) mass is 461 g/mol. The Hall–Kier alpha value is -2.17. The second kappa shape index (κ2) is 10.2. The predicted molar refractivity (Wildman–Crippen MR) is 136 cm³/mol. The highest BCUT2D eigenvalue weighted by atomic mass is 16.5. The van der Waals surface area contributed by atoms with Crippen LogP contribution in [0.25, 0.3) is 0 Å². The standard InChI is InChI=1S/C30H41N2O2/c1-30(27-14-8-5-9-15-27,31-19-10-2-3-11-20-31)29(33)34-28-24-32(22-17-26(28)18-23-32)21-16-25-12-6-4-7-13-25/h4-9,12-15,26,28H,2-3,10-11,16-24H2,1H3/q+1/t26?,28-,30?,32?/m0/s1. The molecule has 4 aliphatic heterocycles. The summed E-state index contributed by atoms with van der Waals surface area (Å²) in [5, 5.41) is 0. The van der Waals surface area contributed by atoms with Gasteiger partial charge in [-0.1, -0.05) is 73.5 Å². The molecule has 0 spiro atoms. The van der Waals surface area contributed by atoms with Gasteiger partial charge < -0.3 is 9.22 Å². The molecule has 34 heavy (non-hydrogen) atoms. The Morgan fingerprint density at radius 3 is 2.21 bits per heavy atom. The van der Waals surface area contributed by atoms with Gasteiger partial charge in [-0.25, -0.2) is 4.79 Å². The molecule has 2 bridgehead atoms. The zero-order chi connectivity index (χ0) is 23.4. The van der Waals surface area contributed by atoms with Gasteiger partial charge in [0.05, 0.1) is 19.6 Å². The lowest BCUT2D eigenvalue weighted by Crippen LogP contribution is -2.65. The third kappa shape index (κ3) is 4.81. The van der Waals surface area contributed by atoms with E-state index in [2.05, 4.69) is 66.4 Å². The summed E-state index contributed by atoms with van der Waals surface area (Å²) in [5.74, 6) is 0.477. The van der Waals surface area contributed by atoms with Crippen LogP contribution in [0.15, 0.2) is 60.7 Å². The van der Waals surface area contributed by atoms with Gasteiger partial charge in [-0.2, -0.15) is 0 Å². The lowest BCUT2D eigenvalue weighted by atomic mass is 9.82. The lowest BCUT2D eigenvalue weighted by Gasteiger charge is -2.52. The molecular formula is C30H41N2O2+. The van der Waals surface area contributed by atoms with E-state index in [1.807, 2.05) is 6.07 Å². The van der Waals surface area contributed by atoms with Crippen molar-refractivity contribution in [1.82, 2.24) is 4.90 Å². The van der Waals surface area contributed by atoms with Crippen molar-refractivity contribution in [3.8, 4) is 0 Å². The highest BCUT2D eigenvalue weighted by Gasteiger charge is 2.50. The highest BCUT2D eigenvalue weighted by Crippen LogP contribution is 2.38. The van der Waals surface area contributed by atoms with Crippen LogP contribution in [-0.2, 0) is 21.5 Å². The third-order valence-corrected chi connectivity index (χ3v) is 8.99. The minimum atomic E-state index is -0.716. The van der Waals surface area contributed by atoms with E-state index in [1.165, 1.54) is 44.3 Å². The number of piperidine rings is 3. The molecule has 0 aromatic heterocycles. The Kier molecular flexibility index (Phi) is 7.08. The second-order valence-corrected chi connectivity index (χ2v) is 11.1. The van der Waals surface area contributed by atoms with Crippen LogP contribution in [0.1, 0.15) is 56.6 Å². The Bertz CT molecular complexity index is 931. The Morgan fingerprint density at radius 1 is 0.941 bits per heavy atom. The number of carbonyl (C=O) groups is 1. The first-order chi connectivity index (χ1) is 16.6. The smallest absolute Gasteiger partial charge is 0.331 e. The number of esters is 1. The molecule has 2 aromatic rings. The maximum absolute atomic E-state index is 14.0. The number of nitrogens with zero attached hydrogens (tertiary/aromatic N) is 2. The summed E-state index contributed by atoms with van der Waals surface area (Å²) >= 11 is 0. The zero-order valence-corrected chi connectivity index (χ0v) is 20.8. The molecule has 2 aromatic carbocycles. The number of quaternary nitrogens is 1. The van der Waals surface area contributed by atoms with Crippen molar-refractivity contribution < 1.29 is 14.0 Å². The fourth-order valence-electron chi connectivity index (χ4n) is 6.64. The zero-order valence-electron chi connectivity index (χ0n) is 20.8. The van der Waals surface area contributed by atoms with E-state index in [0.717, 1.165) is 55.5 Å². The number of likely N-dealkylation sites (tertiary alicyclic amines) is 1. The molecule has 0 amide bonds. The minimum absolute atomic E-state index is 0.0411. The number of fused-ring (bicyclic) bond motifs is 3. The molecule has 1 unspecified atom stereocenters. The molecular weight excluding hydrogens is 420 g/mol. The van der Waals surface area contributed by atoms with E-state index in [-0.39, 0.29) is 12.1 Å². The van der Waals surface area contributed by atoms with Gasteiger partial charge >= 0.3 is 5.97 Å². The van der Waals surface area contributed by atoms with Crippen LogP contribution < -0.4 is 0 Å². The van der Waals surface area contributed by atoms with Crippen molar-refractivity contribution >= 4 is 5.97 Å². The van der Waals surface area contributed by atoms with Gasteiger partial charge in [0, 0.05) is 25.2 Å². The number of rotatable bonds is 7. The van der Waals surface area contributed by atoms with E-state index in [1.54, 1.807) is 0 Å². The molecule has 4 fully saturated rings. The van der Waals surface area contributed by atoms with Gasteiger partial charge in [-0.3, -0.25) is 4.90 Å². The number of ether oxygens (including phenoxy) is 1. The fourth-order valence-corrected chi connectivity index (χ4v) is 6.64. The Labute approximate surface area is 205 Å². The van der Waals surface area contributed by atoms with Crippen molar-refractivity contribution in [3.05, 3.63) is 71.8 Å². The fraction of sp³-hybridized carbons (Fsp3) is 0.567. The second-order valence-electron chi connectivity index (χ2n) is 11.1. The predicted octanol–water partition coefficient (Wildman–Crippen LogP) is 5.17. The van der Waals surface area contributed by atoms with Gasteiger partial charge in [-0.15, -0.1) is 0 Å². The largest absolute Gasteiger partial charge is 0.454 e. The first-order valence-electron chi connectivity index (χ1n) is 13.5. The van der Waals surface area contributed by atoms with Crippen molar-refractivity contribution in [2.75, 3.05) is 39.3 Å². The molecule has 182 valence electrons. The molecule has 0 aliphatic carbocycles. The van der Waals surface area contributed by atoms with Gasteiger partial charge in [0.1, 0.15) is 12.1 Å². The van der Waals surface area contributed by atoms with Crippen LogP contribution in [-0.4, -0.2) is 60.7 Å². The molecule has 4 saturated heterocycles. The first kappa shape index (κ1) is 23.6. The molecule has 0 saturated carbocycles. The molecule has 4 aliphatic rings. The molecule has 0 radical (unpaired) electrons. The quantitative estimate of drug-likeness (QED) is 0.421. The summed E-state index contributed by atoms with van der Waals surface area (Å²) in [6.45, 7) is 8.62. The van der Waals surface area contributed by atoms with E-state index in [4.69, 9.17) is 4.74 Å². The van der Waals surface area contributed by atoms with Crippen LogP contribution in [0, 0.1) is 5.92 Å². The molecule has 4 nitrogen and oxygen atoms in total. The van der Waals surface area contributed by atoms with Crippen molar-refractivity contribution in [1.29, 1.82) is 0 Å². The Morgan fingerprint density at radius 2 is 1.56 bits per heavy atom. The summed E-state index contributed by atoms with van der Waals surface area (Å²) in [7, 11) is 0. The SMILES string of the molecule is CC(C(=O)O[C@H]1C[N+]2(CCc3ccccc3)CCC1CC2)(c1ccccc1)N1CCCCCC1. The van der Waals surface area contributed by atoms with Crippen LogP contribution in [0.2, 0.25) is 0 Å².